The van der Waals surface area contributed by atoms with Crippen LogP contribution in [0.4, 0.5) is 0 Å². The molecule has 150 valence electrons. The molecule has 0 spiro atoms. The number of halogens is 1. The minimum atomic E-state index is -0.524. The monoisotopic (exact) mass is 479 g/mol. The van der Waals surface area contributed by atoms with E-state index < -0.39 is 5.91 Å². The molecule has 2 aromatic carbocycles. The topological polar surface area (TPSA) is 70.6 Å². The number of carbonyl (C=O) groups is 2. The molecule has 2 N–H and O–H groups in total. The van der Waals surface area contributed by atoms with Crippen LogP contribution in [0, 0.1) is 0 Å². The maximum absolute atomic E-state index is 12.6. The molecule has 0 fully saturated rings. The Hall–Kier alpha value is -3.29. The van der Waals surface area contributed by atoms with Crippen molar-refractivity contribution < 1.29 is 9.59 Å². The highest BCUT2D eigenvalue weighted by atomic mass is 79.9. The molecule has 0 aliphatic carbocycles. The second kappa shape index (κ2) is 11.0. The van der Waals surface area contributed by atoms with Gasteiger partial charge in [0.05, 0.1) is 6.21 Å². The van der Waals surface area contributed by atoms with Crippen molar-refractivity contribution in [3.8, 4) is 0 Å². The van der Waals surface area contributed by atoms with E-state index in [1.54, 1.807) is 30.3 Å². The van der Waals surface area contributed by atoms with Gasteiger partial charge >= 0.3 is 0 Å². The summed E-state index contributed by atoms with van der Waals surface area (Å²) in [5.41, 5.74) is 4.01. The number of allylic oxidation sites excluding steroid dienone is 1. The molecule has 5 nitrogen and oxygen atoms in total. The number of rotatable bonds is 7. The number of nitrogens with one attached hydrogen (secondary N) is 2. The van der Waals surface area contributed by atoms with Crippen LogP contribution >= 0.6 is 27.3 Å². The average Bonchev–Trinajstić information content (AvgIpc) is 3.27. The maximum Gasteiger partial charge on any atom is 0.287 e. The zero-order chi connectivity index (χ0) is 21.2. The van der Waals surface area contributed by atoms with Crippen LogP contribution in [0.25, 0.3) is 12.2 Å². The summed E-state index contributed by atoms with van der Waals surface area (Å²) in [5.74, 6) is -0.897. The molecule has 3 aromatic rings. The summed E-state index contributed by atoms with van der Waals surface area (Å²) in [5, 5.41) is 8.53. The summed E-state index contributed by atoms with van der Waals surface area (Å²) < 4.78 is 0.686. The zero-order valence-electron chi connectivity index (χ0n) is 15.8. The van der Waals surface area contributed by atoms with E-state index in [-0.39, 0.29) is 11.6 Å². The van der Waals surface area contributed by atoms with Crippen LogP contribution in [0.3, 0.4) is 0 Å². The molecule has 1 heterocycles. The fourth-order valence-corrected chi connectivity index (χ4v) is 3.44. The Balaban J connectivity index is 1.71. The van der Waals surface area contributed by atoms with E-state index in [1.165, 1.54) is 17.6 Å². The van der Waals surface area contributed by atoms with Gasteiger partial charge in [0.15, 0.2) is 0 Å². The fourth-order valence-electron chi connectivity index (χ4n) is 2.42. The van der Waals surface area contributed by atoms with Crippen molar-refractivity contribution in [2.24, 2.45) is 5.10 Å². The number of nitrogens with zero attached hydrogens (tertiary/aromatic N) is 1. The third-order valence-corrected chi connectivity index (χ3v) is 5.07. The molecule has 0 saturated heterocycles. The van der Waals surface area contributed by atoms with Gasteiger partial charge in [-0.25, -0.2) is 5.43 Å². The molecule has 7 heteroatoms. The lowest BCUT2D eigenvalue weighted by Crippen LogP contribution is -2.32. The summed E-state index contributed by atoms with van der Waals surface area (Å²) >= 11 is 4.86. The van der Waals surface area contributed by atoms with E-state index in [4.69, 9.17) is 0 Å². The van der Waals surface area contributed by atoms with E-state index >= 15 is 0 Å². The zero-order valence-corrected chi connectivity index (χ0v) is 18.2. The van der Waals surface area contributed by atoms with E-state index in [9.17, 15) is 9.59 Å². The van der Waals surface area contributed by atoms with E-state index in [2.05, 4.69) is 31.8 Å². The average molecular weight is 480 g/mol. The number of hydrazone groups is 1. The second-order valence-electron chi connectivity index (χ2n) is 6.03. The highest BCUT2D eigenvalue weighted by Gasteiger charge is 2.14. The highest BCUT2D eigenvalue weighted by molar-refractivity contribution is 9.12. The summed E-state index contributed by atoms with van der Waals surface area (Å²) in [6, 6.07) is 22.1. The van der Waals surface area contributed by atoms with Gasteiger partial charge in [-0.3, -0.25) is 9.59 Å². The van der Waals surface area contributed by atoms with Crippen molar-refractivity contribution in [1.29, 1.82) is 0 Å². The lowest BCUT2D eigenvalue weighted by atomic mass is 10.2. The largest absolute Gasteiger partial charge is 0.317 e. The van der Waals surface area contributed by atoms with Gasteiger partial charge in [-0.1, -0.05) is 54.6 Å². The van der Waals surface area contributed by atoms with E-state index in [0.29, 0.717) is 10.0 Å². The van der Waals surface area contributed by atoms with Crippen LogP contribution in [0.15, 0.2) is 93.5 Å². The molecule has 2 amide bonds. The Morgan fingerprint density at radius 2 is 1.60 bits per heavy atom. The molecule has 0 atom stereocenters. The minimum absolute atomic E-state index is 0.103. The first-order valence-electron chi connectivity index (χ1n) is 8.99. The Kier molecular flexibility index (Phi) is 7.88. The number of hydrogen-bond donors (Lipinski definition) is 2. The van der Waals surface area contributed by atoms with Gasteiger partial charge in [-0.2, -0.15) is 5.10 Å². The van der Waals surface area contributed by atoms with Gasteiger partial charge in [0.25, 0.3) is 11.8 Å². The molecule has 0 unspecified atom stereocenters. The Labute approximate surface area is 187 Å². The minimum Gasteiger partial charge on any atom is -0.317 e. The van der Waals surface area contributed by atoms with Crippen molar-refractivity contribution in [3.63, 3.8) is 0 Å². The number of benzene rings is 2. The van der Waals surface area contributed by atoms with E-state index in [1.807, 2.05) is 60.0 Å². The molecule has 0 aliphatic rings. The number of thiophene rings is 1. The van der Waals surface area contributed by atoms with Crippen LogP contribution in [0.1, 0.15) is 20.8 Å². The Morgan fingerprint density at radius 3 is 2.27 bits per heavy atom. The molecule has 1 aromatic heterocycles. The first-order valence-corrected chi connectivity index (χ1v) is 10.7. The Morgan fingerprint density at radius 1 is 0.900 bits per heavy atom. The predicted molar refractivity (Wildman–Crippen MR) is 126 cm³/mol. The van der Waals surface area contributed by atoms with E-state index in [0.717, 1.165) is 10.4 Å². The molecular formula is C23H18BrN3O2S. The van der Waals surface area contributed by atoms with Crippen molar-refractivity contribution >= 4 is 57.4 Å². The fraction of sp³-hybridized carbons (Fsp3) is 0. The molecular weight excluding hydrogens is 462 g/mol. The van der Waals surface area contributed by atoms with Gasteiger partial charge in [0.2, 0.25) is 0 Å². The summed E-state index contributed by atoms with van der Waals surface area (Å²) in [6.07, 6.45) is 4.97. The van der Waals surface area contributed by atoms with Crippen LogP contribution in [-0.4, -0.2) is 18.0 Å². The SMILES string of the molecule is O=C(NN=C/C(Br)=C/c1ccccc1)/C(=C\c1cccs1)NC(=O)c1ccccc1. The summed E-state index contributed by atoms with van der Waals surface area (Å²) in [6.45, 7) is 0. The third-order valence-electron chi connectivity index (χ3n) is 3.82. The quantitative estimate of drug-likeness (QED) is 0.282. The van der Waals surface area contributed by atoms with Crippen LogP contribution in [-0.2, 0) is 4.79 Å². The standard InChI is InChI=1S/C23H18BrN3O2S/c24-19(14-17-8-3-1-4-9-17)16-25-27-23(29)21(15-20-12-7-13-30-20)26-22(28)18-10-5-2-6-11-18/h1-16H,(H,26,28)(H,27,29)/b19-14-,21-15+,25-16?. The smallest absolute Gasteiger partial charge is 0.287 e. The van der Waals surface area contributed by atoms with Gasteiger partial charge < -0.3 is 5.32 Å². The molecule has 0 aliphatic heterocycles. The molecule has 0 radical (unpaired) electrons. The molecule has 0 bridgehead atoms. The normalized spacial score (nSPS) is 12.0. The van der Waals surface area contributed by atoms with Gasteiger partial charge in [-0.05, 0) is 57.2 Å². The van der Waals surface area contributed by atoms with Crippen LogP contribution in [0.2, 0.25) is 0 Å². The predicted octanol–water partition coefficient (Wildman–Crippen LogP) is 5.06. The van der Waals surface area contributed by atoms with Crippen molar-refractivity contribution in [2.45, 2.75) is 0 Å². The molecule has 3 rings (SSSR count). The summed E-state index contributed by atoms with van der Waals surface area (Å²) in [4.78, 5) is 26.0. The van der Waals surface area contributed by atoms with Crippen LogP contribution < -0.4 is 10.7 Å². The maximum atomic E-state index is 12.6. The van der Waals surface area contributed by atoms with Gasteiger partial charge in [0, 0.05) is 14.9 Å². The third kappa shape index (κ3) is 6.65. The number of hydrogen-bond acceptors (Lipinski definition) is 4. The molecule has 0 saturated carbocycles. The highest BCUT2D eigenvalue weighted by Crippen LogP contribution is 2.13. The van der Waals surface area contributed by atoms with Gasteiger partial charge in [-0.15, -0.1) is 11.3 Å². The first-order chi connectivity index (χ1) is 14.6. The van der Waals surface area contributed by atoms with Crippen LogP contribution in [0.5, 0.6) is 0 Å². The van der Waals surface area contributed by atoms with Gasteiger partial charge in [0.1, 0.15) is 5.70 Å². The second-order valence-corrected chi connectivity index (χ2v) is 7.93. The lowest BCUT2D eigenvalue weighted by Gasteiger charge is -2.08. The van der Waals surface area contributed by atoms with Crippen molar-refractivity contribution in [2.75, 3.05) is 0 Å². The van der Waals surface area contributed by atoms with Crippen molar-refractivity contribution in [1.82, 2.24) is 10.7 Å². The first kappa shape index (κ1) is 21.4. The lowest BCUT2D eigenvalue weighted by molar-refractivity contribution is -0.117. The summed E-state index contributed by atoms with van der Waals surface area (Å²) in [7, 11) is 0. The Bertz CT molecular complexity index is 1080. The number of carbonyl (C=O) groups excluding carboxylic acids is 2. The number of amides is 2. The molecule has 30 heavy (non-hydrogen) atoms. The van der Waals surface area contributed by atoms with Crippen molar-refractivity contribution in [3.05, 3.63) is 104 Å².